The van der Waals surface area contributed by atoms with Gasteiger partial charge in [-0.25, -0.2) is 4.79 Å². The van der Waals surface area contributed by atoms with Gasteiger partial charge in [0.05, 0.1) is 5.57 Å². The van der Waals surface area contributed by atoms with E-state index in [2.05, 4.69) is 4.90 Å². The molecule has 1 saturated heterocycles. The Hall–Kier alpha value is -0.990. The van der Waals surface area contributed by atoms with Gasteiger partial charge in [-0.3, -0.25) is 0 Å². The van der Waals surface area contributed by atoms with E-state index >= 15 is 0 Å². The minimum absolute atomic E-state index is 0.298. The normalized spacial score (nSPS) is 19.4. The predicted octanol–water partition coefficient (Wildman–Crippen LogP) is 2.88. The maximum Gasteiger partial charge on any atom is 0.333 e. The van der Waals surface area contributed by atoms with E-state index in [9.17, 15) is 9.90 Å². The molecule has 0 spiro atoms. The van der Waals surface area contributed by atoms with Gasteiger partial charge in [0.2, 0.25) is 0 Å². The van der Waals surface area contributed by atoms with Crippen LogP contribution in [0, 0.1) is 5.41 Å². The highest BCUT2D eigenvalue weighted by Crippen LogP contribution is 2.30. The molecule has 0 aromatic rings. The third kappa shape index (κ3) is 3.00. The zero-order chi connectivity index (χ0) is 12.3. The number of allylic oxidation sites excluding steroid dienone is 1. The Morgan fingerprint density at radius 3 is 2.00 bits per heavy atom. The van der Waals surface area contributed by atoms with Crippen molar-refractivity contribution in [3.8, 4) is 0 Å². The molecule has 1 N–H and O–H groups in total. The Morgan fingerprint density at radius 2 is 1.62 bits per heavy atom. The third-order valence-electron chi connectivity index (χ3n) is 3.16. The highest BCUT2D eigenvalue weighted by Gasteiger charge is 2.28. The Kier molecular flexibility index (Phi) is 4.00. The SMILES string of the molecule is CC(=C(C(=O)O)C(C)(C)C)N1CCCCC1. The monoisotopic (exact) mass is 225 g/mol. The van der Waals surface area contributed by atoms with Crippen LogP contribution in [0.15, 0.2) is 11.3 Å². The molecule has 16 heavy (non-hydrogen) atoms. The van der Waals surface area contributed by atoms with Gasteiger partial charge in [0.15, 0.2) is 0 Å². The standard InChI is InChI=1S/C13H23NO2/c1-10(14-8-6-5-7-9-14)11(12(15)16)13(2,3)4/h5-9H2,1-4H3,(H,15,16). The Morgan fingerprint density at radius 1 is 1.12 bits per heavy atom. The van der Waals surface area contributed by atoms with Crippen LogP contribution in [-0.2, 0) is 4.79 Å². The highest BCUT2D eigenvalue weighted by molar-refractivity contribution is 5.88. The van der Waals surface area contributed by atoms with Crippen molar-refractivity contribution in [1.29, 1.82) is 0 Å². The van der Waals surface area contributed by atoms with Crippen LogP contribution in [0.5, 0.6) is 0 Å². The molecule has 0 bridgehead atoms. The number of aliphatic carboxylic acids is 1. The van der Waals surface area contributed by atoms with Crippen LogP contribution in [0.3, 0.4) is 0 Å². The number of hydrogen-bond acceptors (Lipinski definition) is 2. The number of nitrogens with zero attached hydrogens (tertiary/aromatic N) is 1. The van der Waals surface area contributed by atoms with Crippen molar-refractivity contribution in [2.75, 3.05) is 13.1 Å². The molecule has 1 aliphatic heterocycles. The van der Waals surface area contributed by atoms with Crippen molar-refractivity contribution in [2.45, 2.75) is 47.0 Å². The number of rotatable bonds is 2. The van der Waals surface area contributed by atoms with E-state index in [1.54, 1.807) is 0 Å². The third-order valence-corrected chi connectivity index (χ3v) is 3.16. The zero-order valence-electron chi connectivity index (χ0n) is 10.8. The quantitative estimate of drug-likeness (QED) is 0.735. The van der Waals surface area contributed by atoms with Crippen molar-refractivity contribution in [1.82, 2.24) is 4.90 Å². The highest BCUT2D eigenvalue weighted by atomic mass is 16.4. The van der Waals surface area contributed by atoms with E-state index in [1.807, 2.05) is 27.7 Å². The molecule has 1 aliphatic rings. The van der Waals surface area contributed by atoms with Gasteiger partial charge in [0, 0.05) is 18.8 Å². The first-order valence-electron chi connectivity index (χ1n) is 6.03. The summed E-state index contributed by atoms with van der Waals surface area (Å²) in [5.74, 6) is -0.782. The molecule has 3 heteroatoms. The molecule has 0 amide bonds. The zero-order valence-corrected chi connectivity index (χ0v) is 10.8. The Bertz CT molecular complexity index is 294. The summed E-state index contributed by atoms with van der Waals surface area (Å²) in [6.07, 6.45) is 3.62. The van der Waals surface area contributed by atoms with Crippen LogP contribution in [0.4, 0.5) is 0 Å². The summed E-state index contributed by atoms with van der Waals surface area (Å²) >= 11 is 0. The molecule has 3 nitrogen and oxygen atoms in total. The Labute approximate surface area is 98.1 Å². The molecule has 0 radical (unpaired) electrons. The largest absolute Gasteiger partial charge is 0.478 e. The number of carbonyl (C=O) groups is 1. The number of carboxylic acids is 1. The van der Waals surface area contributed by atoms with Crippen molar-refractivity contribution >= 4 is 5.97 Å². The predicted molar refractivity (Wildman–Crippen MR) is 65.2 cm³/mol. The van der Waals surface area contributed by atoms with Gasteiger partial charge in [0.25, 0.3) is 0 Å². The van der Waals surface area contributed by atoms with Crippen LogP contribution < -0.4 is 0 Å². The van der Waals surface area contributed by atoms with Crippen molar-refractivity contribution in [3.05, 3.63) is 11.3 Å². The molecule has 0 aliphatic carbocycles. The van der Waals surface area contributed by atoms with Gasteiger partial charge in [0.1, 0.15) is 0 Å². The molecule has 0 atom stereocenters. The molecule has 1 heterocycles. The van der Waals surface area contributed by atoms with Crippen LogP contribution in [0.25, 0.3) is 0 Å². The lowest BCUT2D eigenvalue weighted by atomic mass is 9.84. The molecular weight excluding hydrogens is 202 g/mol. The molecule has 0 aromatic heterocycles. The fourth-order valence-corrected chi connectivity index (χ4v) is 2.41. The van der Waals surface area contributed by atoms with Gasteiger partial charge in [-0.1, -0.05) is 20.8 Å². The van der Waals surface area contributed by atoms with Gasteiger partial charge in [-0.15, -0.1) is 0 Å². The molecule has 92 valence electrons. The first-order chi connectivity index (χ1) is 7.34. The second-order valence-corrected chi connectivity index (χ2v) is 5.56. The smallest absolute Gasteiger partial charge is 0.333 e. The minimum atomic E-state index is -0.782. The van der Waals surface area contributed by atoms with Gasteiger partial charge in [-0.2, -0.15) is 0 Å². The average Bonchev–Trinajstić information content (AvgIpc) is 2.16. The summed E-state index contributed by atoms with van der Waals surface area (Å²) in [7, 11) is 0. The molecule has 0 aromatic carbocycles. The van der Waals surface area contributed by atoms with Crippen LogP contribution >= 0.6 is 0 Å². The number of piperidine rings is 1. The fraction of sp³-hybridized carbons (Fsp3) is 0.769. The van der Waals surface area contributed by atoms with E-state index in [-0.39, 0.29) is 5.41 Å². The summed E-state index contributed by atoms with van der Waals surface area (Å²) in [5, 5.41) is 9.33. The van der Waals surface area contributed by atoms with Gasteiger partial charge >= 0.3 is 5.97 Å². The minimum Gasteiger partial charge on any atom is -0.478 e. The van der Waals surface area contributed by atoms with Crippen molar-refractivity contribution < 1.29 is 9.90 Å². The van der Waals surface area contributed by atoms with Crippen molar-refractivity contribution in [2.24, 2.45) is 5.41 Å². The van der Waals surface area contributed by atoms with Crippen LogP contribution in [0.1, 0.15) is 47.0 Å². The number of hydrogen-bond donors (Lipinski definition) is 1. The number of likely N-dealkylation sites (tertiary alicyclic amines) is 1. The fourth-order valence-electron chi connectivity index (χ4n) is 2.41. The summed E-state index contributed by atoms with van der Waals surface area (Å²) in [6, 6.07) is 0. The maximum atomic E-state index is 11.3. The first kappa shape index (κ1) is 13.1. The Balaban J connectivity index is 3.00. The summed E-state index contributed by atoms with van der Waals surface area (Å²) < 4.78 is 0. The van der Waals surface area contributed by atoms with E-state index in [0.717, 1.165) is 18.8 Å². The summed E-state index contributed by atoms with van der Waals surface area (Å²) in [6.45, 7) is 9.83. The lowest BCUT2D eigenvalue weighted by Gasteiger charge is -2.33. The second kappa shape index (κ2) is 4.89. The molecule has 1 fully saturated rings. The van der Waals surface area contributed by atoms with Crippen molar-refractivity contribution in [3.63, 3.8) is 0 Å². The van der Waals surface area contributed by atoms with E-state index in [0.29, 0.717) is 5.57 Å². The van der Waals surface area contributed by atoms with Crippen LogP contribution in [-0.4, -0.2) is 29.1 Å². The first-order valence-corrected chi connectivity index (χ1v) is 6.03. The summed E-state index contributed by atoms with van der Waals surface area (Å²) in [5.41, 5.74) is 1.20. The van der Waals surface area contributed by atoms with E-state index in [1.165, 1.54) is 19.3 Å². The number of carboxylic acid groups (broad SMARTS) is 1. The second-order valence-electron chi connectivity index (χ2n) is 5.56. The van der Waals surface area contributed by atoms with E-state index in [4.69, 9.17) is 0 Å². The summed E-state index contributed by atoms with van der Waals surface area (Å²) in [4.78, 5) is 13.6. The van der Waals surface area contributed by atoms with Crippen LogP contribution in [0.2, 0.25) is 0 Å². The van der Waals surface area contributed by atoms with Gasteiger partial charge in [-0.05, 0) is 31.6 Å². The lowest BCUT2D eigenvalue weighted by molar-refractivity contribution is -0.133. The molecular formula is C13H23NO2. The molecule has 0 unspecified atom stereocenters. The lowest BCUT2D eigenvalue weighted by Crippen LogP contribution is -2.32. The topological polar surface area (TPSA) is 40.5 Å². The average molecular weight is 225 g/mol. The molecule has 1 rings (SSSR count). The van der Waals surface area contributed by atoms with Gasteiger partial charge < -0.3 is 10.0 Å². The maximum absolute atomic E-state index is 11.3. The van der Waals surface area contributed by atoms with E-state index < -0.39 is 5.97 Å². The molecule has 0 saturated carbocycles.